The first kappa shape index (κ1) is 22.1. The summed E-state index contributed by atoms with van der Waals surface area (Å²) < 4.78 is 0. The molecule has 2 aliphatic carbocycles. The zero-order valence-electron chi connectivity index (χ0n) is 20.0. The Labute approximate surface area is 205 Å². The number of aromatic nitrogens is 1. The Balaban J connectivity index is 1.13. The highest BCUT2D eigenvalue weighted by atomic mass is 16.2. The quantitative estimate of drug-likeness (QED) is 0.628. The Kier molecular flexibility index (Phi) is 5.27. The molecule has 2 aromatic rings. The van der Waals surface area contributed by atoms with Gasteiger partial charge in [0, 0.05) is 37.9 Å². The van der Waals surface area contributed by atoms with Crippen LogP contribution in [-0.4, -0.2) is 53.9 Å². The number of benzene rings is 1. The molecule has 6 rings (SSSR count). The van der Waals surface area contributed by atoms with Gasteiger partial charge in [0.15, 0.2) is 0 Å². The largest absolute Gasteiger partial charge is 0.353 e. The van der Waals surface area contributed by atoms with Crippen molar-refractivity contribution < 1.29 is 14.4 Å². The van der Waals surface area contributed by atoms with Crippen molar-refractivity contribution in [1.82, 2.24) is 20.5 Å². The molecule has 8 nitrogen and oxygen atoms in total. The van der Waals surface area contributed by atoms with E-state index in [9.17, 15) is 14.4 Å². The van der Waals surface area contributed by atoms with E-state index in [1.165, 1.54) is 36.8 Å². The fraction of sp³-hybridized carbons (Fsp3) is 0.481. The molecule has 3 heterocycles. The molecular formula is C27H31N5O3. The SMILES string of the molecule is CCC1(c2ccc(C(=O)N3CCN(c4ncc(C5CC5)cc4C4CC4)CC3)cc2)NC(=O)NC1=O. The number of pyridine rings is 1. The first-order valence-electron chi connectivity index (χ1n) is 12.8. The van der Waals surface area contributed by atoms with Crippen molar-refractivity contribution >= 4 is 23.7 Å². The van der Waals surface area contributed by atoms with Crippen molar-refractivity contribution in [3.8, 4) is 0 Å². The van der Waals surface area contributed by atoms with Gasteiger partial charge < -0.3 is 15.1 Å². The van der Waals surface area contributed by atoms with Crippen molar-refractivity contribution in [2.45, 2.75) is 56.4 Å². The standard InChI is InChI=1S/C27H31N5O3/c1-2-27(25(34)29-26(35)30-27)21-9-7-19(8-10-21)24(33)32-13-11-31(12-14-32)23-22(18-5-6-18)15-20(16-28-23)17-3-4-17/h7-10,15-18H,2-6,11-14H2,1H3,(H2,29,30,34,35). The minimum Gasteiger partial charge on any atom is -0.353 e. The second kappa shape index (κ2) is 8.36. The number of hydrogen-bond acceptors (Lipinski definition) is 5. The van der Waals surface area contributed by atoms with Crippen LogP contribution in [0.3, 0.4) is 0 Å². The number of rotatable bonds is 6. The maximum absolute atomic E-state index is 13.2. The number of nitrogens with zero attached hydrogens (tertiary/aromatic N) is 3. The third-order valence-corrected chi connectivity index (χ3v) is 7.95. The molecular weight excluding hydrogens is 442 g/mol. The van der Waals surface area contributed by atoms with E-state index in [0.717, 1.165) is 18.9 Å². The van der Waals surface area contributed by atoms with Crippen LogP contribution >= 0.6 is 0 Å². The first-order valence-corrected chi connectivity index (χ1v) is 12.8. The van der Waals surface area contributed by atoms with Crippen LogP contribution in [0.4, 0.5) is 10.6 Å². The van der Waals surface area contributed by atoms with Gasteiger partial charge in [-0.15, -0.1) is 0 Å². The normalized spacial score (nSPS) is 24.4. The first-order chi connectivity index (χ1) is 17.0. The predicted molar refractivity (Wildman–Crippen MR) is 131 cm³/mol. The van der Waals surface area contributed by atoms with Crippen molar-refractivity contribution in [1.29, 1.82) is 0 Å². The molecule has 4 amide bonds. The fourth-order valence-electron chi connectivity index (χ4n) is 5.44. The zero-order chi connectivity index (χ0) is 24.2. The molecule has 2 saturated heterocycles. The summed E-state index contributed by atoms with van der Waals surface area (Å²) in [5, 5.41) is 5.06. The smallest absolute Gasteiger partial charge is 0.322 e. The van der Waals surface area contributed by atoms with E-state index in [0.29, 0.717) is 42.5 Å². The molecule has 2 saturated carbocycles. The summed E-state index contributed by atoms with van der Waals surface area (Å²) in [6, 6.07) is 8.95. The lowest BCUT2D eigenvalue weighted by molar-refractivity contribution is -0.124. The van der Waals surface area contributed by atoms with E-state index >= 15 is 0 Å². The highest BCUT2D eigenvalue weighted by Gasteiger charge is 2.46. The lowest BCUT2D eigenvalue weighted by Gasteiger charge is -2.36. The molecule has 1 atom stereocenters. The van der Waals surface area contributed by atoms with Gasteiger partial charge in [-0.2, -0.15) is 0 Å². The van der Waals surface area contributed by atoms with Gasteiger partial charge in [-0.1, -0.05) is 25.1 Å². The molecule has 2 aliphatic heterocycles. The van der Waals surface area contributed by atoms with E-state index in [1.807, 2.05) is 11.8 Å². The van der Waals surface area contributed by atoms with Crippen LogP contribution in [0.2, 0.25) is 0 Å². The summed E-state index contributed by atoms with van der Waals surface area (Å²) >= 11 is 0. The Bertz CT molecular complexity index is 1180. The average Bonchev–Trinajstić information content (AvgIpc) is 3.81. The van der Waals surface area contributed by atoms with Gasteiger partial charge in [-0.05, 0) is 72.8 Å². The Morgan fingerprint density at radius 1 is 1.03 bits per heavy atom. The monoisotopic (exact) mass is 473 g/mol. The number of anilines is 1. The highest BCUT2D eigenvalue weighted by molar-refractivity contribution is 6.07. The third-order valence-electron chi connectivity index (χ3n) is 7.95. The van der Waals surface area contributed by atoms with Crippen LogP contribution in [0, 0.1) is 0 Å². The van der Waals surface area contributed by atoms with E-state index in [2.05, 4.69) is 27.8 Å². The molecule has 1 aromatic carbocycles. The molecule has 1 aromatic heterocycles. The second-order valence-corrected chi connectivity index (χ2v) is 10.3. The summed E-state index contributed by atoms with van der Waals surface area (Å²) in [6.07, 6.45) is 7.57. The van der Waals surface area contributed by atoms with E-state index in [-0.39, 0.29) is 11.8 Å². The van der Waals surface area contributed by atoms with Gasteiger partial charge in [-0.3, -0.25) is 14.9 Å². The summed E-state index contributed by atoms with van der Waals surface area (Å²) in [4.78, 5) is 46.4. The molecule has 35 heavy (non-hydrogen) atoms. The number of nitrogens with one attached hydrogen (secondary N) is 2. The minimum atomic E-state index is -1.08. The average molecular weight is 474 g/mol. The number of hydrogen-bond donors (Lipinski definition) is 2. The predicted octanol–water partition coefficient (Wildman–Crippen LogP) is 3.24. The Morgan fingerprint density at radius 2 is 1.71 bits per heavy atom. The maximum Gasteiger partial charge on any atom is 0.322 e. The number of imide groups is 1. The third kappa shape index (κ3) is 3.94. The number of carbonyl (C=O) groups excluding carboxylic acids is 3. The minimum absolute atomic E-state index is 0.0129. The topological polar surface area (TPSA) is 94.6 Å². The van der Waals surface area contributed by atoms with Crippen LogP contribution in [0.5, 0.6) is 0 Å². The highest BCUT2D eigenvalue weighted by Crippen LogP contribution is 2.47. The van der Waals surface area contributed by atoms with Crippen molar-refractivity contribution in [3.05, 3.63) is 58.8 Å². The van der Waals surface area contributed by atoms with Crippen LogP contribution in [0.1, 0.15) is 77.9 Å². The molecule has 0 bridgehead atoms. The van der Waals surface area contributed by atoms with Crippen molar-refractivity contribution in [2.24, 2.45) is 0 Å². The lowest BCUT2D eigenvalue weighted by atomic mass is 9.87. The number of piperazine rings is 1. The number of urea groups is 1. The Morgan fingerprint density at radius 3 is 2.29 bits per heavy atom. The number of amides is 4. The van der Waals surface area contributed by atoms with Gasteiger partial charge >= 0.3 is 6.03 Å². The molecule has 0 spiro atoms. The van der Waals surface area contributed by atoms with E-state index in [1.54, 1.807) is 24.3 Å². The molecule has 4 aliphatic rings. The summed E-state index contributed by atoms with van der Waals surface area (Å²) in [6.45, 7) is 4.68. The molecule has 4 fully saturated rings. The van der Waals surface area contributed by atoms with E-state index in [4.69, 9.17) is 4.98 Å². The molecule has 182 valence electrons. The summed E-state index contributed by atoms with van der Waals surface area (Å²) in [5.41, 5.74) is 2.98. The molecule has 2 N–H and O–H groups in total. The van der Waals surface area contributed by atoms with Crippen molar-refractivity contribution in [3.63, 3.8) is 0 Å². The van der Waals surface area contributed by atoms with Crippen molar-refractivity contribution in [2.75, 3.05) is 31.1 Å². The molecule has 1 unspecified atom stereocenters. The van der Waals surface area contributed by atoms with Gasteiger partial charge in [0.25, 0.3) is 11.8 Å². The Hall–Kier alpha value is -3.42. The van der Waals surface area contributed by atoms with Crippen LogP contribution in [0.15, 0.2) is 36.5 Å². The molecule has 0 radical (unpaired) electrons. The summed E-state index contributed by atoms with van der Waals surface area (Å²) in [7, 11) is 0. The number of carbonyl (C=O) groups is 3. The zero-order valence-corrected chi connectivity index (χ0v) is 20.0. The van der Waals surface area contributed by atoms with Gasteiger partial charge in [0.1, 0.15) is 11.4 Å². The summed E-state index contributed by atoms with van der Waals surface area (Å²) in [5.74, 6) is 2.09. The van der Waals surface area contributed by atoms with Gasteiger partial charge in [0.05, 0.1) is 0 Å². The second-order valence-electron chi connectivity index (χ2n) is 10.3. The van der Waals surface area contributed by atoms with Crippen LogP contribution < -0.4 is 15.5 Å². The van der Waals surface area contributed by atoms with Gasteiger partial charge in [0.2, 0.25) is 0 Å². The fourth-order valence-corrected chi connectivity index (χ4v) is 5.44. The van der Waals surface area contributed by atoms with Crippen LogP contribution in [0.25, 0.3) is 0 Å². The van der Waals surface area contributed by atoms with E-state index < -0.39 is 11.6 Å². The van der Waals surface area contributed by atoms with Crippen LogP contribution in [-0.2, 0) is 10.3 Å². The van der Waals surface area contributed by atoms with Gasteiger partial charge in [-0.25, -0.2) is 9.78 Å². The lowest BCUT2D eigenvalue weighted by Crippen LogP contribution is -2.49. The maximum atomic E-state index is 13.2. The molecule has 8 heteroatoms.